The predicted octanol–water partition coefficient (Wildman–Crippen LogP) is 1.14. The molecule has 0 saturated carbocycles. The summed E-state index contributed by atoms with van der Waals surface area (Å²) in [7, 11) is -3.07. The minimum atomic E-state index is -3.07. The van der Waals surface area contributed by atoms with Crippen molar-refractivity contribution in [3.63, 3.8) is 0 Å². The zero-order chi connectivity index (χ0) is 19.2. The maximum Gasteiger partial charge on any atom is 0.264 e. The molecule has 140 valence electrons. The van der Waals surface area contributed by atoms with E-state index in [1.165, 1.54) is 21.8 Å². The molecule has 8 nitrogen and oxygen atoms in total. The molecule has 1 saturated heterocycles. The third kappa shape index (κ3) is 3.30. The fourth-order valence-electron chi connectivity index (χ4n) is 3.30. The first-order valence-electron chi connectivity index (χ1n) is 8.57. The van der Waals surface area contributed by atoms with E-state index in [4.69, 9.17) is 0 Å². The van der Waals surface area contributed by atoms with Crippen LogP contribution in [0, 0.1) is 6.92 Å². The molecule has 9 heteroatoms. The average molecular weight is 386 g/mol. The van der Waals surface area contributed by atoms with E-state index in [9.17, 15) is 18.0 Å². The summed E-state index contributed by atoms with van der Waals surface area (Å²) in [6.07, 6.45) is 3.16. The summed E-state index contributed by atoms with van der Waals surface area (Å²) in [4.78, 5) is 29.4. The van der Waals surface area contributed by atoms with E-state index in [1.54, 1.807) is 12.1 Å². The number of Topliss-reactive ketones (excluding diaryl/α,β-unsaturated/α-hetero) is 1. The van der Waals surface area contributed by atoms with E-state index in [0.29, 0.717) is 17.6 Å². The van der Waals surface area contributed by atoms with Crippen molar-refractivity contribution in [3.05, 3.63) is 58.3 Å². The minimum Gasteiger partial charge on any atom is -0.292 e. The standard InChI is InChI=1S/C18H18N4O4S/c1-12-2-4-13(5-3-12)16(23)9-21-11-19-17-15(18(21)24)8-20-22(17)14-6-7-27(25,26)10-14/h2-5,8,11,14H,6-7,9-10H2,1H3. The molecule has 1 aliphatic heterocycles. The summed E-state index contributed by atoms with van der Waals surface area (Å²) in [5, 5.41) is 4.46. The molecule has 1 aliphatic rings. The lowest BCUT2D eigenvalue weighted by Gasteiger charge is -2.10. The quantitative estimate of drug-likeness (QED) is 0.623. The molecule has 0 amide bonds. The van der Waals surface area contributed by atoms with E-state index in [-0.39, 0.29) is 40.8 Å². The fraction of sp³-hybridized carbons (Fsp3) is 0.333. The van der Waals surface area contributed by atoms with Crippen LogP contribution in [0.3, 0.4) is 0 Å². The van der Waals surface area contributed by atoms with Crippen LogP contribution in [0.1, 0.15) is 28.4 Å². The summed E-state index contributed by atoms with van der Waals surface area (Å²) in [5.74, 6) is -0.0748. The number of hydrogen-bond acceptors (Lipinski definition) is 6. The number of aryl methyl sites for hydroxylation is 1. The van der Waals surface area contributed by atoms with Crippen LogP contribution in [0.25, 0.3) is 11.0 Å². The molecule has 27 heavy (non-hydrogen) atoms. The second-order valence-electron chi connectivity index (χ2n) is 6.85. The second kappa shape index (κ2) is 6.41. The summed E-state index contributed by atoms with van der Waals surface area (Å²) in [5.41, 5.74) is 1.56. The molecule has 3 heterocycles. The van der Waals surface area contributed by atoms with Crippen LogP contribution in [-0.2, 0) is 16.4 Å². The Balaban J connectivity index is 1.64. The van der Waals surface area contributed by atoms with Gasteiger partial charge in [0.1, 0.15) is 11.7 Å². The van der Waals surface area contributed by atoms with E-state index < -0.39 is 9.84 Å². The highest BCUT2D eigenvalue weighted by Gasteiger charge is 2.31. The van der Waals surface area contributed by atoms with Gasteiger partial charge in [0.05, 0.1) is 30.3 Å². The van der Waals surface area contributed by atoms with Gasteiger partial charge in [0.15, 0.2) is 21.3 Å². The van der Waals surface area contributed by atoms with Gasteiger partial charge in [-0.25, -0.2) is 18.1 Å². The molecular formula is C18H18N4O4S. The highest BCUT2D eigenvalue weighted by Crippen LogP contribution is 2.25. The number of sulfone groups is 1. The number of aromatic nitrogens is 4. The third-order valence-electron chi connectivity index (χ3n) is 4.82. The number of rotatable bonds is 4. The van der Waals surface area contributed by atoms with E-state index in [0.717, 1.165) is 5.56 Å². The van der Waals surface area contributed by atoms with Crippen LogP contribution in [0.4, 0.5) is 0 Å². The molecule has 1 atom stereocenters. The number of carbonyl (C=O) groups excluding carboxylic acids is 1. The largest absolute Gasteiger partial charge is 0.292 e. The van der Waals surface area contributed by atoms with Gasteiger partial charge in [-0.3, -0.25) is 14.2 Å². The van der Waals surface area contributed by atoms with Gasteiger partial charge in [0.25, 0.3) is 5.56 Å². The number of fused-ring (bicyclic) bond motifs is 1. The third-order valence-corrected chi connectivity index (χ3v) is 6.57. The highest BCUT2D eigenvalue weighted by molar-refractivity contribution is 7.91. The van der Waals surface area contributed by atoms with Crippen molar-refractivity contribution in [2.45, 2.75) is 25.9 Å². The van der Waals surface area contributed by atoms with Gasteiger partial charge in [0.2, 0.25) is 0 Å². The van der Waals surface area contributed by atoms with Crippen molar-refractivity contribution >= 4 is 26.7 Å². The zero-order valence-electron chi connectivity index (χ0n) is 14.7. The van der Waals surface area contributed by atoms with Crippen molar-refractivity contribution in [1.29, 1.82) is 0 Å². The smallest absolute Gasteiger partial charge is 0.264 e. The number of benzene rings is 1. The van der Waals surface area contributed by atoms with Gasteiger partial charge in [-0.1, -0.05) is 29.8 Å². The van der Waals surface area contributed by atoms with E-state index in [1.807, 2.05) is 19.1 Å². The Labute approximate surface area is 155 Å². The molecule has 2 aromatic heterocycles. The Morgan fingerprint density at radius 3 is 2.67 bits per heavy atom. The summed E-state index contributed by atoms with van der Waals surface area (Å²) < 4.78 is 26.2. The Morgan fingerprint density at radius 2 is 2.00 bits per heavy atom. The number of nitrogens with zero attached hydrogens (tertiary/aromatic N) is 4. The normalized spacial score (nSPS) is 18.8. The van der Waals surface area contributed by atoms with Gasteiger partial charge >= 0.3 is 0 Å². The van der Waals surface area contributed by atoms with Crippen molar-refractivity contribution in [2.75, 3.05) is 11.5 Å². The molecule has 0 aliphatic carbocycles. The van der Waals surface area contributed by atoms with Crippen molar-refractivity contribution in [2.24, 2.45) is 0 Å². The SMILES string of the molecule is Cc1ccc(C(=O)Cn2cnc3c(cnn3C3CCS(=O)(=O)C3)c2=O)cc1. The zero-order valence-corrected chi connectivity index (χ0v) is 15.5. The first-order chi connectivity index (χ1) is 12.8. The van der Waals surface area contributed by atoms with E-state index in [2.05, 4.69) is 10.1 Å². The Hall–Kier alpha value is -2.81. The summed E-state index contributed by atoms with van der Waals surface area (Å²) in [6, 6.07) is 6.83. The van der Waals surface area contributed by atoms with Gasteiger partial charge in [0, 0.05) is 5.56 Å². The molecule has 1 aromatic carbocycles. The highest BCUT2D eigenvalue weighted by atomic mass is 32.2. The van der Waals surface area contributed by atoms with Crippen LogP contribution in [0.2, 0.25) is 0 Å². The molecule has 0 bridgehead atoms. The summed E-state index contributed by atoms with van der Waals surface area (Å²) >= 11 is 0. The van der Waals surface area contributed by atoms with Crippen LogP contribution in [0.15, 0.2) is 41.6 Å². The lowest BCUT2D eigenvalue weighted by atomic mass is 10.1. The number of hydrogen-bond donors (Lipinski definition) is 0. The topological polar surface area (TPSA) is 104 Å². The number of ketones is 1. The lowest BCUT2D eigenvalue weighted by molar-refractivity contribution is 0.0970. The predicted molar refractivity (Wildman–Crippen MR) is 99.6 cm³/mol. The minimum absolute atomic E-state index is 0.000451. The molecule has 1 fully saturated rings. The number of carbonyl (C=O) groups is 1. The maximum absolute atomic E-state index is 12.7. The first-order valence-corrected chi connectivity index (χ1v) is 10.4. The fourth-order valence-corrected chi connectivity index (χ4v) is 4.99. The van der Waals surface area contributed by atoms with Crippen molar-refractivity contribution in [3.8, 4) is 0 Å². The lowest BCUT2D eigenvalue weighted by Crippen LogP contribution is -2.25. The van der Waals surface area contributed by atoms with Gasteiger partial charge < -0.3 is 0 Å². The Bertz CT molecular complexity index is 1190. The monoisotopic (exact) mass is 386 g/mol. The molecule has 1 unspecified atom stereocenters. The van der Waals surface area contributed by atoms with Crippen molar-refractivity contribution in [1.82, 2.24) is 19.3 Å². The molecule has 0 N–H and O–H groups in total. The Morgan fingerprint density at radius 1 is 1.26 bits per heavy atom. The molecule has 4 rings (SSSR count). The molecular weight excluding hydrogens is 368 g/mol. The Kier molecular flexibility index (Phi) is 4.18. The van der Waals surface area contributed by atoms with Crippen LogP contribution in [0.5, 0.6) is 0 Å². The van der Waals surface area contributed by atoms with Crippen molar-refractivity contribution < 1.29 is 13.2 Å². The second-order valence-corrected chi connectivity index (χ2v) is 9.08. The van der Waals surface area contributed by atoms with E-state index >= 15 is 0 Å². The van der Waals surface area contributed by atoms with Gasteiger partial charge in [-0.05, 0) is 13.3 Å². The molecule has 0 spiro atoms. The van der Waals surface area contributed by atoms with Gasteiger partial charge in [-0.15, -0.1) is 0 Å². The average Bonchev–Trinajstić information content (AvgIpc) is 3.21. The van der Waals surface area contributed by atoms with Crippen LogP contribution >= 0.6 is 0 Å². The summed E-state index contributed by atoms with van der Waals surface area (Å²) in [6.45, 7) is 1.82. The molecule has 3 aromatic rings. The maximum atomic E-state index is 12.7. The van der Waals surface area contributed by atoms with Crippen LogP contribution in [-0.4, -0.2) is 45.0 Å². The molecule has 0 radical (unpaired) electrons. The first kappa shape index (κ1) is 17.6. The van der Waals surface area contributed by atoms with Gasteiger partial charge in [-0.2, -0.15) is 5.10 Å². The van der Waals surface area contributed by atoms with Crippen LogP contribution < -0.4 is 5.56 Å².